The van der Waals surface area contributed by atoms with Crippen molar-refractivity contribution < 1.29 is 0 Å². The van der Waals surface area contributed by atoms with E-state index in [0.717, 1.165) is 106 Å². The molecule has 0 fully saturated rings. The highest BCUT2D eigenvalue weighted by Gasteiger charge is 2.26. The molecule has 0 amide bonds. The van der Waals surface area contributed by atoms with Gasteiger partial charge in [-0.2, -0.15) is 0 Å². The minimum atomic E-state index is 0.635. The van der Waals surface area contributed by atoms with Gasteiger partial charge in [-0.25, -0.2) is 19.9 Å². The first-order valence-corrected chi connectivity index (χ1v) is 25.8. The average Bonchev–Trinajstić information content (AvgIpc) is 4.11. The predicted molar refractivity (Wildman–Crippen MR) is 314 cm³/mol. The van der Waals surface area contributed by atoms with Crippen LogP contribution in [0.5, 0.6) is 0 Å². The Morgan fingerprint density at radius 2 is 0.618 bits per heavy atom. The van der Waals surface area contributed by atoms with Crippen molar-refractivity contribution in [2.75, 3.05) is 0 Å². The van der Waals surface area contributed by atoms with Gasteiger partial charge in [-0.3, -0.25) is 0 Å². The van der Waals surface area contributed by atoms with Gasteiger partial charge in [0.25, 0.3) is 0 Å². The first-order valence-electron chi connectivity index (χ1n) is 25.8. The Bertz CT molecular complexity index is 4330. The second-order valence-electron chi connectivity index (χ2n) is 19.6. The summed E-state index contributed by atoms with van der Waals surface area (Å²) in [5, 5.41) is 4.69. The molecule has 4 aromatic heterocycles. The van der Waals surface area contributed by atoms with Crippen LogP contribution in [-0.2, 0) is 0 Å². The molecule has 14 rings (SSSR count). The molecule has 0 N–H and O–H groups in total. The van der Waals surface area contributed by atoms with E-state index in [4.69, 9.17) is 19.9 Å². The van der Waals surface area contributed by atoms with Gasteiger partial charge in [0.15, 0.2) is 11.6 Å². The normalized spacial score (nSPS) is 11.6. The molecule has 6 nitrogen and oxygen atoms in total. The zero-order chi connectivity index (χ0) is 50.7. The summed E-state index contributed by atoms with van der Waals surface area (Å²) in [5.74, 6) is 1.27. The highest BCUT2D eigenvalue weighted by atomic mass is 15.0. The maximum absolute atomic E-state index is 5.60. The lowest BCUT2D eigenvalue weighted by molar-refractivity contribution is 1.11. The van der Waals surface area contributed by atoms with Crippen molar-refractivity contribution >= 4 is 43.6 Å². The van der Waals surface area contributed by atoms with Crippen LogP contribution < -0.4 is 0 Å². The van der Waals surface area contributed by atoms with Crippen LogP contribution in [0.4, 0.5) is 0 Å². The molecule has 358 valence electrons. The lowest BCUT2D eigenvalue weighted by atomic mass is 9.97. The predicted octanol–water partition coefficient (Wildman–Crippen LogP) is 17.7. The smallest absolute Gasteiger partial charge is 0.160 e. The number of hydrogen-bond donors (Lipinski definition) is 0. The Labute approximate surface area is 440 Å². The summed E-state index contributed by atoms with van der Waals surface area (Å²) in [6.07, 6.45) is 0. The average molecular weight is 973 g/mol. The van der Waals surface area contributed by atoms with E-state index in [1.807, 2.05) is 48.5 Å². The van der Waals surface area contributed by atoms with Crippen molar-refractivity contribution in [3.05, 3.63) is 266 Å². The molecule has 0 radical (unpaired) electrons. The Kier molecular flexibility index (Phi) is 10.8. The van der Waals surface area contributed by atoms with Gasteiger partial charge in [-0.1, -0.05) is 199 Å². The van der Waals surface area contributed by atoms with Gasteiger partial charge in [0.1, 0.15) is 0 Å². The van der Waals surface area contributed by atoms with Crippen LogP contribution in [0, 0.1) is 13.8 Å². The third kappa shape index (κ3) is 7.83. The van der Waals surface area contributed by atoms with E-state index in [2.05, 4.69) is 229 Å². The summed E-state index contributed by atoms with van der Waals surface area (Å²) >= 11 is 0. The van der Waals surface area contributed by atoms with Crippen molar-refractivity contribution in [2.24, 2.45) is 0 Å². The molecule has 0 aliphatic rings. The molecule has 0 aliphatic carbocycles. The molecule has 0 bridgehead atoms. The zero-order valence-electron chi connectivity index (χ0n) is 41.9. The molecular weight excluding hydrogens is 925 g/mol. The van der Waals surface area contributed by atoms with Crippen molar-refractivity contribution in [1.82, 2.24) is 29.1 Å². The standard InChI is InChI=1S/C70H48N6/c1-45-32-35-64-54(38-45)55-39-46(2)33-36-65(55)76(64)68-44-67(75-63-31-19-18-30-53(63)56-40-52(34-37-66(56)75)47-20-8-3-9-21-47)57(61-42-59(48-22-10-4-11-23-48)71-69(73-61)50-26-14-6-15-27-50)41-58(68)62-43-60(49-24-12-5-13-25-49)72-70(74-62)51-28-16-7-17-29-51/h3-44H,1-2H3. The van der Waals surface area contributed by atoms with E-state index in [1.165, 1.54) is 27.5 Å². The first-order chi connectivity index (χ1) is 37.5. The van der Waals surface area contributed by atoms with Gasteiger partial charge in [0.2, 0.25) is 0 Å². The molecule has 0 saturated heterocycles. The van der Waals surface area contributed by atoms with E-state index < -0.39 is 0 Å². The number of aromatic nitrogens is 6. The van der Waals surface area contributed by atoms with Gasteiger partial charge in [-0.15, -0.1) is 0 Å². The molecule has 10 aromatic carbocycles. The minimum absolute atomic E-state index is 0.635. The summed E-state index contributed by atoms with van der Waals surface area (Å²) in [4.78, 5) is 21.8. The topological polar surface area (TPSA) is 61.4 Å². The van der Waals surface area contributed by atoms with Crippen molar-refractivity contribution in [1.29, 1.82) is 0 Å². The summed E-state index contributed by atoms with van der Waals surface area (Å²) in [5.41, 5.74) is 19.9. The van der Waals surface area contributed by atoms with Crippen molar-refractivity contribution in [3.8, 4) is 90.3 Å². The fraction of sp³-hybridized carbons (Fsp3) is 0.0286. The molecule has 0 saturated carbocycles. The van der Waals surface area contributed by atoms with Crippen LogP contribution in [0.1, 0.15) is 11.1 Å². The van der Waals surface area contributed by atoms with E-state index in [-0.39, 0.29) is 0 Å². The quantitative estimate of drug-likeness (QED) is 0.145. The molecule has 0 atom stereocenters. The van der Waals surface area contributed by atoms with Gasteiger partial charge < -0.3 is 9.13 Å². The second-order valence-corrected chi connectivity index (χ2v) is 19.6. The number of fused-ring (bicyclic) bond motifs is 6. The Morgan fingerprint density at radius 1 is 0.250 bits per heavy atom. The van der Waals surface area contributed by atoms with Gasteiger partial charge in [-0.05, 0) is 91.7 Å². The monoisotopic (exact) mass is 972 g/mol. The number of nitrogens with zero attached hydrogens (tertiary/aromatic N) is 6. The number of para-hydroxylation sites is 1. The van der Waals surface area contributed by atoms with Crippen LogP contribution in [0.25, 0.3) is 134 Å². The number of rotatable bonds is 9. The SMILES string of the molecule is Cc1ccc2c(c1)c1cc(C)ccc1n2-c1cc(-n2c3ccccc3c3cc(-c4ccccc4)ccc32)c(-c2cc(-c3ccccc3)nc(-c3ccccc3)n2)cc1-c1cc(-c2ccccc2)nc(-c2ccccc2)n1. The van der Waals surface area contributed by atoms with Crippen LogP contribution in [-0.4, -0.2) is 29.1 Å². The highest BCUT2D eigenvalue weighted by molar-refractivity contribution is 6.13. The second kappa shape index (κ2) is 18.5. The molecule has 4 heterocycles. The maximum Gasteiger partial charge on any atom is 0.160 e. The van der Waals surface area contributed by atoms with Crippen LogP contribution in [0.15, 0.2) is 255 Å². The molecule has 6 heteroatoms. The molecule has 0 aliphatic heterocycles. The first kappa shape index (κ1) is 44.6. The van der Waals surface area contributed by atoms with Crippen molar-refractivity contribution in [3.63, 3.8) is 0 Å². The van der Waals surface area contributed by atoms with E-state index >= 15 is 0 Å². The van der Waals surface area contributed by atoms with Gasteiger partial charge >= 0.3 is 0 Å². The van der Waals surface area contributed by atoms with Crippen molar-refractivity contribution in [2.45, 2.75) is 13.8 Å². The van der Waals surface area contributed by atoms with Gasteiger partial charge in [0.05, 0.1) is 56.2 Å². The molecule has 14 aromatic rings. The summed E-state index contributed by atoms with van der Waals surface area (Å²) in [6.45, 7) is 4.35. The fourth-order valence-electron chi connectivity index (χ4n) is 11.0. The third-order valence-electron chi connectivity index (χ3n) is 14.7. The minimum Gasteiger partial charge on any atom is -0.308 e. The Balaban J connectivity index is 1.17. The van der Waals surface area contributed by atoms with Crippen LogP contribution in [0.2, 0.25) is 0 Å². The zero-order valence-corrected chi connectivity index (χ0v) is 41.9. The number of hydrogen-bond acceptors (Lipinski definition) is 4. The third-order valence-corrected chi connectivity index (χ3v) is 14.7. The van der Waals surface area contributed by atoms with Gasteiger partial charge in [0, 0.05) is 54.9 Å². The summed E-state index contributed by atoms with van der Waals surface area (Å²) < 4.78 is 4.90. The summed E-state index contributed by atoms with van der Waals surface area (Å²) in [6, 6.07) is 90.4. The lowest BCUT2D eigenvalue weighted by Gasteiger charge is -2.22. The summed E-state index contributed by atoms with van der Waals surface area (Å²) in [7, 11) is 0. The Hall–Kier alpha value is -10.0. The molecule has 0 spiro atoms. The van der Waals surface area contributed by atoms with E-state index in [1.54, 1.807) is 0 Å². The Morgan fingerprint density at radius 3 is 1.09 bits per heavy atom. The molecule has 0 unspecified atom stereocenters. The number of benzene rings is 10. The fourth-order valence-corrected chi connectivity index (χ4v) is 11.0. The molecular formula is C70H48N6. The largest absolute Gasteiger partial charge is 0.308 e. The molecule has 76 heavy (non-hydrogen) atoms. The van der Waals surface area contributed by atoms with E-state index in [0.29, 0.717) is 11.6 Å². The number of aryl methyl sites for hydroxylation is 2. The maximum atomic E-state index is 5.60. The lowest BCUT2D eigenvalue weighted by Crippen LogP contribution is -2.06. The van der Waals surface area contributed by atoms with Crippen LogP contribution >= 0.6 is 0 Å². The van der Waals surface area contributed by atoms with Crippen LogP contribution in [0.3, 0.4) is 0 Å². The van der Waals surface area contributed by atoms with E-state index in [9.17, 15) is 0 Å². The highest BCUT2D eigenvalue weighted by Crippen LogP contribution is 2.45.